The van der Waals surface area contributed by atoms with Crippen LogP contribution in [0.1, 0.15) is 15.2 Å². The van der Waals surface area contributed by atoms with Crippen molar-refractivity contribution in [3.8, 4) is 0 Å². The average Bonchev–Trinajstić information content (AvgIpc) is 3.13. The Morgan fingerprint density at radius 1 is 1.23 bits per heavy atom. The molecule has 1 aromatic heterocycles. The number of rotatable bonds is 9. The number of carbonyl (C=O) groups is 2. The third-order valence-electron chi connectivity index (χ3n) is 3.38. The summed E-state index contributed by atoms with van der Waals surface area (Å²) in [6.07, 6.45) is 0. The predicted molar refractivity (Wildman–Crippen MR) is 95.6 cm³/mol. The van der Waals surface area contributed by atoms with Gasteiger partial charge in [0.25, 0.3) is 5.91 Å². The van der Waals surface area contributed by atoms with Crippen LogP contribution in [0.15, 0.2) is 46.7 Å². The van der Waals surface area contributed by atoms with Crippen molar-refractivity contribution in [2.45, 2.75) is 17.5 Å². The lowest BCUT2D eigenvalue weighted by molar-refractivity contribution is -0.140. The number of benzene rings is 1. The van der Waals surface area contributed by atoms with Gasteiger partial charge in [0.05, 0.1) is 11.5 Å². The van der Waals surface area contributed by atoms with Gasteiger partial charge in [0.15, 0.2) is 6.04 Å². The van der Waals surface area contributed by atoms with Crippen LogP contribution in [-0.2, 0) is 26.1 Å². The SMILES string of the molecule is COCC(NC(=O)c1ccc(S(=O)(=O)NCc2cccs2)cc1)C(=O)O. The van der Waals surface area contributed by atoms with E-state index in [4.69, 9.17) is 9.84 Å². The molecule has 26 heavy (non-hydrogen) atoms. The van der Waals surface area contributed by atoms with E-state index < -0.39 is 27.9 Å². The van der Waals surface area contributed by atoms with Gasteiger partial charge < -0.3 is 15.2 Å². The van der Waals surface area contributed by atoms with Gasteiger partial charge in [-0.2, -0.15) is 0 Å². The first-order chi connectivity index (χ1) is 12.3. The molecule has 1 atom stereocenters. The Labute approximate surface area is 154 Å². The first-order valence-corrected chi connectivity index (χ1v) is 9.84. The van der Waals surface area contributed by atoms with Crippen molar-refractivity contribution in [3.63, 3.8) is 0 Å². The van der Waals surface area contributed by atoms with Crippen molar-refractivity contribution in [1.82, 2.24) is 10.0 Å². The minimum Gasteiger partial charge on any atom is -0.480 e. The molecular weight excluding hydrogens is 380 g/mol. The highest BCUT2D eigenvalue weighted by Crippen LogP contribution is 2.13. The molecule has 0 aliphatic carbocycles. The number of hydrogen-bond acceptors (Lipinski definition) is 6. The Morgan fingerprint density at radius 3 is 2.46 bits per heavy atom. The van der Waals surface area contributed by atoms with Gasteiger partial charge in [-0.25, -0.2) is 17.9 Å². The van der Waals surface area contributed by atoms with Crippen LogP contribution in [0, 0.1) is 0 Å². The molecule has 8 nitrogen and oxygen atoms in total. The Kier molecular flexibility index (Phi) is 6.86. The average molecular weight is 398 g/mol. The fraction of sp³-hybridized carbons (Fsp3) is 0.250. The first-order valence-electron chi connectivity index (χ1n) is 7.48. The highest BCUT2D eigenvalue weighted by Gasteiger charge is 2.21. The molecule has 1 unspecified atom stereocenters. The van der Waals surface area contributed by atoms with Crippen molar-refractivity contribution in [2.75, 3.05) is 13.7 Å². The van der Waals surface area contributed by atoms with Gasteiger partial charge in [0, 0.05) is 24.1 Å². The summed E-state index contributed by atoms with van der Waals surface area (Å²) in [5, 5.41) is 13.2. The molecule has 0 fully saturated rings. The van der Waals surface area contributed by atoms with Crippen LogP contribution in [0.5, 0.6) is 0 Å². The van der Waals surface area contributed by atoms with Crippen molar-refractivity contribution >= 4 is 33.2 Å². The van der Waals surface area contributed by atoms with E-state index in [2.05, 4.69) is 10.0 Å². The summed E-state index contributed by atoms with van der Waals surface area (Å²) < 4.78 is 31.7. The van der Waals surface area contributed by atoms with Gasteiger partial charge >= 0.3 is 5.97 Å². The van der Waals surface area contributed by atoms with Crippen LogP contribution in [-0.4, -0.2) is 45.2 Å². The highest BCUT2D eigenvalue weighted by atomic mass is 32.2. The molecule has 2 rings (SSSR count). The number of carboxylic acid groups (broad SMARTS) is 1. The zero-order valence-corrected chi connectivity index (χ0v) is 15.5. The van der Waals surface area contributed by atoms with Crippen LogP contribution >= 0.6 is 11.3 Å². The molecule has 140 valence electrons. The minimum atomic E-state index is -3.71. The largest absolute Gasteiger partial charge is 0.480 e. The Hall–Kier alpha value is -2.27. The summed E-state index contributed by atoms with van der Waals surface area (Å²) >= 11 is 1.44. The summed E-state index contributed by atoms with van der Waals surface area (Å²) in [5.41, 5.74) is 0.143. The van der Waals surface area contributed by atoms with Crippen molar-refractivity contribution in [1.29, 1.82) is 0 Å². The number of sulfonamides is 1. The smallest absolute Gasteiger partial charge is 0.328 e. The molecule has 0 saturated heterocycles. The van der Waals surface area contributed by atoms with Gasteiger partial charge in [-0.3, -0.25) is 4.79 Å². The zero-order valence-electron chi connectivity index (χ0n) is 13.8. The molecule has 2 aromatic rings. The van der Waals surface area contributed by atoms with E-state index in [1.165, 1.54) is 42.7 Å². The lowest BCUT2D eigenvalue weighted by Crippen LogP contribution is -2.43. The first kappa shape index (κ1) is 20.0. The Balaban J connectivity index is 2.04. The van der Waals surface area contributed by atoms with Crippen LogP contribution in [0.2, 0.25) is 0 Å². The number of aliphatic carboxylic acids is 1. The van der Waals surface area contributed by atoms with E-state index in [1.807, 2.05) is 17.5 Å². The normalized spacial score (nSPS) is 12.5. The number of ether oxygens (including phenoxy) is 1. The molecule has 0 radical (unpaired) electrons. The third-order valence-corrected chi connectivity index (χ3v) is 5.67. The van der Waals surface area contributed by atoms with E-state index in [9.17, 15) is 18.0 Å². The fourth-order valence-electron chi connectivity index (χ4n) is 2.03. The van der Waals surface area contributed by atoms with Crippen molar-refractivity contribution in [3.05, 3.63) is 52.2 Å². The van der Waals surface area contributed by atoms with Gasteiger partial charge in [0.1, 0.15) is 0 Å². The Morgan fingerprint density at radius 2 is 1.92 bits per heavy atom. The van der Waals surface area contributed by atoms with E-state index in [-0.39, 0.29) is 23.6 Å². The molecule has 1 heterocycles. The molecule has 3 N–H and O–H groups in total. The second-order valence-corrected chi connectivity index (χ2v) is 8.05. The van der Waals surface area contributed by atoms with Crippen LogP contribution in [0.3, 0.4) is 0 Å². The topological polar surface area (TPSA) is 122 Å². The molecule has 0 aliphatic heterocycles. The van der Waals surface area contributed by atoms with E-state index >= 15 is 0 Å². The maximum Gasteiger partial charge on any atom is 0.328 e. The summed E-state index contributed by atoms with van der Waals surface area (Å²) in [6.45, 7) is -0.000275. The zero-order chi connectivity index (χ0) is 19.2. The van der Waals surface area contributed by atoms with E-state index in [1.54, 1.807) is 0 Å². The summed E-state index contributed by atoms with van der Waals surface area (Å²) in [5.74, 6) is -1.86. The molecule has 0 aliphatic rings. The lowest BCUT2D eigenvalue weighted by atomic mass is 10.2. The second-order valence-electron chi connectivity index (χ2n) is 5.25. The molecule has 0 spiro atoms. The summed E-state index contributed by atoms with van der Waals surface area (Å²) in [7, 11) is -2.39. The molecule has 10 heteroatoms. The number of methoxy groups -OCH3 is 1. The van der Waals surface area contributed by atoms with Gasteiger partial charge in [0.2, 0.25) is 10.0 Å². The maximum atomic E-state index is 12.3. The van der Waals surface area contributed by atoms with Crippen LogP contribution in [0.4, 0.5) is 0 Å². The van der Waals surface area contributed by atoms with Gasteiger partial charge in [-0.15, -0.1) is 11.3 Å². The lowest BCUT2D eigenvalue weighted by Gasteiger charge is -2.13. The molecule has 1 aromatic carbocycles. The standard InChI is InChI=1S/C16H18N2O6S2/c1-24-10-14(16(20)21)18-15(19)11-4-6-13(7-5-11)26(22,23)17-9-12-3-2-8-25-12/h2-8,14,17H,9-10H2,1H3,(H,18,19)(H,20,21). The second kappa shape index (κ2) is 8.90. The van der Waals surface area contributed by atoms with Crippen molar-refractivity contribution in [2.24, 2.45) is 0 Å². The minimum absolute atomic E-state index is 0.0114. The number of amides is 1. The molecule has 1 amide bonds. The van der Waals surface area contributed by atoms with Gasteiger partial charge in [-0.05, 0) is 35.7 Å². The van der Waals surface area contributed by atoms with Crippen LogP contribution < -0.4 is 10.0 Å². The molecule has 0 saturated carbocycles. The Bertz CT molecular complexity index is 847. The molecule has 0 bridgehead atoms. The number of hydrogen-bond donors (Lipinski definition) is 3. The number of nitrogens with one attached hydrogen (secondary N) is 2. The number of carbonyl (C=O) groups excluding carboxylic acids is 1. The summed E-state index contributed by atoms with van der Waals surface area (Å²) in [4.78, 5) is 24.0. The quantitative estimate of drug-likeness (QED) is 0.581. The number of carboxylic acids is 1. The fourth-order valence-corrected chi connectivity index (χ4v) is 3.77. The van der Waals surface area contributed by atoms with E-state index in [0.717, 1.165) is 4.88 Å². The van der Waals surface area contributed by atoms with Crippen LogP contribution in [0.25, 0.3) is 0 Å². The predicted octanol–water partition coefficient (Wildman–Crippen LogP) is 1.06. The van der Waals surface area contributed by atoms with E-state index in [0.29, 0.717) is 0 Å². The highest BCUT2D eigenvalue weighted by molar-refractivity contribution is 7.89. The van der Waals surface area contributed by atoms with Crippen molar-refractivity contribution < 1.29 is 27.9 Å². The van der Waals surface area contributed by atoms with Gasteiger partial charge in [-0.1, -0.05) is 6.07 Å². The summed E-state index contributed by atoms with van der Waals surface area (Å²) in [6, 6.07) is 7.68. The monoisotopic (exact) mass is 398 g/mol. The number of thiophene rings is 1. The maximum absolute atomic E-state index is 12.3. The molecular formula is C16H18N2O6S2. The third kappa shape index (κ3) is 5.36.